The van der Waals surface area contributed by atoms with Gasteiger partial charge in [-0.1, -0.05) is 37.6 Å². The molecule has 2 aromatic rings. The quantitative estimate of drug-likeness (QED) is 0.752. The smallest absolute Gasteiger partial charge is 0.244 e. The molecule has 0 unspecified atom stereocenters. The Bertz CT molecular complexity index is 757. The monoisotopic (exact) mass is 367 g/mol. The first kappa shape index (κ1) is 18.7. The standard InChI is InChI=1S/C17H22ClN3O2S/c1-4-21(5-2)24(22,23)16-10-11-17(19-12-16)20(3)13-14-6-8-15(18)9-7-14/h6-12H,4-5,13H2,1-3H3. The predicted molar refractivity (Wildman–Crippen MR) is 97.9 cm³/mol. The molecule has 0 N–H and O–H groups in total. The van der Waals surface area contributed by atoms with Gasteiger partial charge in [-0.3, -0.25) is 0 Å². The molecule has 0 aliphatic heterocycles. The Hall–Kier alpha value is -1.63. The largest absolute Gasteiger partial charge is 0.355 e. The molecule has 0 saturated heterocycles. The average molecular weight is 368 g/mol. The zero-order valence-electron chi connectivity index (χ0n) is 14.1. The molecule has 0 aliphatic rings. The number of hydrogen-bond donors (Lipinski definition) is 0. The van der Waals surface area contributed by atoms with Crippen LogP contribution < -0.4 is 4.90 Å². The maximum atomic E-state index is 12.5. The van der Waals surface area contributed by atoms with Gasteiger partial charge in [0.05, 0.1) is 0 Å². The minimum Gasteiger partial charge on any atom is -0.355 e. The van der Waals surface area contributed by atoms with Gasteiger partial charge >= 0.3 is 0 Å². The van der Waals surface area contributed by atoms with Crippen molar-refractivity contribution >= 4 is 27.4 Å². The van der Waals surface area contributed by atoms with E-state index in [1.807, 2.05) is 50.1 Å². The van der Waals surface area contributed by atoms with Crippen LogP contribution in [0.4, 0.5) is 5.82 Å². The van der Waals surface area contributed by atoms with Gasteiger partial charge in [0.15, 0.2) is 0 Å². The van der Waals surface area contributed by atoms with Gasteiger partial charge in [0.25, 0.3) is 0 Å². The van der Waals surface area contributed by atoms with E-state index in [4.69, 9.17) is 11.6 Å². The molecule has 7 heteroatoms. The summed E-state index contributed by atoms with van der Waals surface area (Å²) in [4.78, 5) is 6.48. The summed E-state index contributed by atoms with van der Waals surface area (Å²) < 4.78 is 26.3. The SMILES string of the molecule is CCN(CC)S(=O)(=O)c1ccc(N(C)Cc2ccc(Cl)cc2)nc1. The molecule has 2 rings (SSSR count). The van der Waals surface area contributed by atoms with E-state index in [1.165, 1.54) is 10.5 Å². The van der Waals surface area contributed by atoms with E-state index in [9.17, 15) is 8.42 Å². The fourth-order valence-corrected chi connectivity index (χ4v) is 3.94. The molecule has 0 radical (unpaired) electrons. The highest BCUT2D eigenvalue weighted by atomic mass is 35.5. The zero-order valence-corrected chi connectivity index (χ0v) is 15.7. The molecule has 5 nitrogen and oxygen atoms in total. The molecular formula is C17H22ClN3O2S. The lowest BCUT2D eigenvalue weighted by molar-refractivity contribution is 0.445. The molecular weight excluding hydrogens is 346 g/mol. The normalized spacial score (nSPS) is 11.7. The Labute approximate surface area is 148 Å². The molecule has 130 valence electrons. The number of halogens is 1. The lowest BCUT2D eigenvalue weighted by Crippen LogP contribution is -2.30. The van der Waals surface area contributed by atoms with Gasteiger partial charge in [-0.15, -0.1) is 0 Å². The van der Waals surface area contributed by atoms with Crippen molar-refractivity contribution in [1.82, 2.24) is 9.29 Å². The zero-order chi connectivity index (χ0) is 17.7. The molecule has 24 heavy (non-hydrogen) atoms. The van der Waals surface area contributed by atoms with Crippen LogP contribution in [0.2, 0.25) is 5.02 Å². The Balaban J connectivity index is 2.15. The summed E-state index contributed by atoms with van der Waals surface area (Å²) >= 11 is 5.89. The highest BCUT2D eigenvalue weighted by Crippen LogP contribution is 2.19. The molecule has 0 spiro atoms. The van der Waals surface area contributed by atoms with E-state index >= 15 is 0 Å². The van der Waals surface area contributed by atoms with Crippen LogP contribution in [0.1, 0.15) is 19.4 Å². The van der Waals surface area contributed by atoms with Crippen molar-refractivity contribution in [1.29, 1.82) is 0 Å². The summed E-state index contributed by atoms with van der Waals surface area (Å²) in [7, 11) is -1.56. The second-order valence-electron chi connectivity index (χ2n) is 5.42. The lowest BCUT2D eigenvalue weighted by Gasteiger charge is -2.20. The number of benzene rings is 1. The molecule has 0 saturated carbocycles. The summed E-state index contributed by atoms with van der Waals surface area (Å²) in [6, 6.07) is 10.9. The minimum absolute atomic E-state index is 0.217. The number of hydrogen-bond acceptors (Lipinski definition) is 4. The van der Waals surface area contributed by atoms with Crippen LogP contribution in [-0.2, 0) is 16.6 Å². The molecule has 0 aliphatic carbocycles. The van der Waals surface area contributed by atoms with Gasteiger partial charge in [0, 0.05) is 37.9 Å². The third-order valence-corrected chi connectivity index (χ3v) is 6.07. The highest BCUT2D eigenvalue weighted by Gasteiger charge is 2.22. The van der Waals surface area contributed by atoms with Crippen molar-refractivity contribution in [2.45, 2.75) is 25.3 Å². The van der Waals surface area contributed by atoms with Crippen LogP contribution in [0.15, 0.2) is 47.5 Å². The van der Waals surface area contributed by atoms with Gasteiger partial charge in [-0.2, -0.15) is 4.31 Å². The predicted octanol–water partition coefficient (Wildman–Crippen LogP) is 3.40. The fourth-order valence-electron chi connectivity index (χ4n) is 2.41. The Morgan fingerprint density at radius 3 is 2.17 bits per heavy atom. The van der Waals surface area contributed by atoms with Gasteiger partial charge in [0.1, 0.15) is 10.7 Å². The van der Waals surface area contributed by atoms with E-state index in [0.717, 1.165) is 5.56 Å². The van der Waals surface area contributed by atoms with E-state index in [2.05, 4.69) is 4.98 Å². The number of sulfonamides is 1. The molecule has 0 fully saturated rings. The van der Waals surface area contributed by atoms with Crippen molar-refractivity contribution in [2.75, 3.05) is 25.0 Å². The van der Waals surface area contributed by atoms with E-state index in [1.54, 1.807) is 12.1 Å². The van der Waals surface area contributed by atoms with Crippen LogP contribution in [0.3, 0.4) is 0 Å². The van der Waals surface area contributed by atoms with E-state index < -0.39 is 10.0 Å². The average Bonchev–Trinajstić information content (AvgIpc) is 2.58. The van der Waals surface area contributed by atoms with Gasteiger partial charge in [0.2, 0.25) is 10.0 Å². The Morgan fingerprint density at radius 2 is 1.67 bits per heavy atom. The Morgan fingerprint density at radius 1 is 1.04 bits per heavy atom. The Kier molecular flexibility index (Phi) is 6.21. The maximum absolute atomic E-state index is 12.5. The van der Waals surface area contributed by atoms with Crippen LogP contribution in [-0.4, -0.2) is 37.8 Å². The van der Waals surface area contributed by atoms with Crippen molar-refractivity contribution < 1.29 is 8.42 Å². The highest BCUT2D eigenvalue weighted by molar-refractivity contribution is 7.89. The number of nitrogens with zero attached hydrogens (tertiary/aromatic N) is 3. The third kappa shape index (κ3) is 4.26. The van der Waals surface area contributed by atoms with Gasteiger partial charge in [-0.25, -0.2) is 13.4 Å². The first-order valence-electron chi connectivity index (χ1n) is 7.80. The van der Waals surface area contributed by atoms with Gasteiger partial charge in [-0.05, 0) is 29.8 Å². The second kappa shape index (κ2) is 7.96. The van der Waals surface area contributed by atoms with Crippen molar-refractivity contribution in [3.05, 3.63) is 53.2 Å². The molecule has 0 amide bonds. The number of pyridine rings is 1. The van der Waals surface area contributed by atoms with E-state index in [0.29, 0.717) is 30.5 Å². The number of aromatic nitrogens is 1. The van der Waals surface area contributed by atoms with Crippen molar-refractivity contribution in [3.8, 4) is 0 Å². The molecule has 0 bridgehead atoms. The summed E-state index contributed by atoms with van der Waals surface area (Å²) in [6.45, 7) is 5.19. The third-order valence-electron chi connectivity index (χ3n) is 3.79. The van der Waals surface area contributed by atoms with Crippen molar-refractivity contribution in [3.63, 3.8) is 0 Å². The first-order valence-corrected chi connectivity index (χ1v) is 9.62. The van der Waals surface area contributed by atoms with Crippen LogP contribution in [0.5, 0.6) is 0 Å². The molecule has 0 atom stereocenters. The molecule has 1 aromatic heterocycles. The maximum Gasteiger partial charge on any atom is 0.244 e. The molecule has 1 aromatic carbocycles. The number of anilines is 1. The summed E-state index contributed by atoms with van der Waals surface area (Å²) in [5.74, 6) is 0.712. The van der Waals surface area contributed by atoms with Crippen LogP contribution in [0, 0.1) is 0 Å². The fraction of sp³-hybridized carbons (Fsp3) is 0.353. The molecule has 1 heterocycles. The van der Waals surface area contributed by atoms with Crippen molar-refractivity contribution in [2.24, 2.45) is 0 Å². The number of rotatable bonds is 7. The van der Waals surface area contributed by atoms with E-state index in [-0.39, 0.29) is 4.90 Å². The second-order valence-corrected chi connectivity index (χ2v) is 7.80. The topological polar surface area (TPSA) is 53.5 Å². The lowest BCUT2D eigenvalue weighted by atomic mass is 10.2. The van der Waals surface area contributed by atoms with Crippen LogP contribution in [0.25, 0.3) is 0 Å². The summed E-state index contributed by atoms with van der Waals surface area (Å²) in [5.41, 5.74) is 1.10. The first-order chi connectivity index (χ1) is 11.4. The summed E-state index contributed by atoms with van der Waals surface area (Å²) in [5, 5.41) is 0.700. The minimum atomic E-state index is -3.47. The summed E-state index contributed by atoms with van der Waals surface area (Å²) in [6.07, 6.45) is 1.42. The van der Waals surface area contributed by atoms with Gasteiger partial charge < -0.3 is 4.90 Å². The van der Waals surface area contributed by atoms with Crippen LogP contribution >= 0.6 is 11.6 Å².